The molecule has 0 saturated carbocycles. The first-order valence-corrected chi connectivity index (χ1v) is 4.78. The molecule has 0 heterocycles. The Morgan fingerprint density at radius 1 is 1.31 bits per heavy atom. The first kappa shape index (κ1) is 9.67. The van der Waals surface area contributed by atoms with Gasteiger partial charge in [-0.15, -0.1) is 0 Å². The lowest BCUT2D eigenvalue weighted by molar-refractivity contribution is -0.131. The molecule has 0 aliphatic carbocycles. The van der Waals surface area contributed by atoms with Gasteiger partial charge in [-0.25, -0.2) is 9.00 Å². The van der Waals surface area contributed by atoms with E-state index in [1.54, 1.807) is 24.3 Å². The molecular weight excluding hydrogens is 188 g/mol. The van der Waals surface area contributed by atoms with Gasteiger partial charge in [0.05, 0.1) is 10.8 Å². The van der Waals surface area contributed by atoms with Gasteiger partial charge in [0.2, 0.25) is 0 Å². The van der Waals surface area contributed by atoms with Crippen molar-refractivity contribution in [1.29, 1.82) is 0 Å². The van der Waals surface area contributed by atoms with Crippen LogP contribution < -0.4 is 0 Å². The van der Waals surface area contributed by atoms with Crippen LogP contribution >= 0.6 is 0 Å². The Kier molecular flexibility index (Phi) is 3.40. The lowest BCUT2D eigenvalue weighted by Crippen LogP contribution is -1.90. The second-order valence-electron chi connectivity index (χ2n) is 2.25. The number of rotatable bonds is 3. The van der Waals surface area contributed by atoms with E-state index < -0.39 is 16.8 Å². The van der Waals surface area contributed by atoms with Gasteiger partial charge in [-0.1, -0.05) is 18.2 Å². The van der Waals surface area contributed by atoms with Gasteiger partial charge in [0.1, 0.15) is 0 Å². The summed E-state index contributed by atoms with van der Waals surface area (Å²) in [5.74, 6) is -1.09. The average molecular weight is 196 g/mol. The van der Waals surface area contributed by atoms with E-state index in [-0.39, 0.29) is 0 Å². The summed E-state index contributed by atoms with van der Waals surface area (Å²) in [6.45, 7) is 0. The molecule has 1 atom stereocenters. The van der Waals surface area contributed by atoms with Crippen molar-refractivity contribution >= 4 is 16.8 Å². The molecule has 0 bridgehead atoms. The molecule has 0 fully saturated rings. The van der Waals surface area contributed by atoms with Crippen LogP contribution in [0.2, 0.25) is 0 Å². The number of aliphatic carboxylic acids is 1. The molecule has 0 aromatic heterocycles. The Morgan fingerprint density at radius 2 is 1.92 bits per heavy atom. The van der Waals surface area contributed by atoms with E-state index in [9.17, 15) is 9.00 Å². The maximum absolute atomic E-state index is 11.3. The zero-order chi connectivity index (χ0) is 9.68. The highest BCUT2D eigenvalue weighted by molar-refractivity contribution is 7.88. The number of carboxylic acids is 1. The number of benzene rings is 1. The van der Waals surface area contributed by atoms with Gasteiger partial charge in [0, 0.05) is 16.4 Å². The Morgan fingerprint density at radius 3 is 2.46 bits per heavy atom. The van der Waals surface area contributed by atoms with E-state index in [4.69, 9.17) is 5.11 Å². The Bertz CT molecular complexity index is 343. The monoisotopic (exact) mass is 196 g/mol. The van der Waals surface area contributed by atoms with Crippen molar-refractivity contribution in [2.75, 3.05) is 0 Å². The molecule has 0 amide bonds. The van der Waals surface area contributed by atoms with Gasteiger partial charge >= 0.3 is 5.97 Å². The minimum absolute atomic E-state index is 0.597. The van der Waals surface area contributed by atoms with E-state index in [0.29, 0.717) is 4.90 Å². The van der Waals surface area contributed by atoms with E-state index in [2.05, 4.69) is 0 Å². The van der Waals surface area contributed by atoms with Crippen LogP contribution in [0.3, 0.4) is 0 Å². The molecule has 1 N–H and O–H groups in total. The maximum atomic E-state index is 11.3. The summed E-state index contributed by atoms with van der Waals surface area (Å²) < 4.78 is 11.3. The molecular formula is C9H8O3S. The topological polar surface area (TPSA) is 54.4 Å². The van der Waals surface area contributed by atoms with E-state index in [1.165, 1.54) is 0 Å². The van der Waals surface area contributed by atoms with Gasteiger partial charge in [0.25, 0.3) is 0 Å². The van der Waals surface area contributed by atoms with Crippen molar-refractivity contribution in [3.05, 3.63) is 41.8 Å². The highest BCUT2D eigenvalue weighted by Crippen LogP contribution is 2.05. The van der Waals surface area contributed by atoms with Gasteiger partial charge in [0.15, 0.2) is 0 Å². The number of carbonyl (C=O) groups is 1. The highest BCUT2D eigenvalue weighted by atomic mass is 32.2. The van der Waals surface area contributed by atoms with Crippen molar-refractivity contribution in [1.82, 2.24) is 0 Å². The number of hydrogen-bond donors (Lipinski definition) is 1. The normalized spacial score (nSPS) is 12.9. The molecule has 0 aliphatic rings. The van der Waals surface area contributed by atoms with Crippen molar-refractivity contribution in [3.8, 4) is 0 Å². The fourth-order valence-electron chi connectivity index (χ4n) is 0.753. The minimum atomic E-state index is -1.37. The molecule has 1 aromatic rings. The lowest BCUT2D eigenvalue weighted by Gasteiger charge is -1.93. The van der Waals surface area contributed by atoms with Crippen LogP contribution in [0.1, 0.15) is 0 Å². The third kappa shape index (κ3) is 3.21. The summed E-state index contributed by atoms with van der Waals surface area (Å²) in [5, 5.41) is 9.44. The first-order chi connectivity index (χ1) is 6.20. The molecule has 0 saturated heterocycles. The third-order valence-electron chi connectivity index (χ3n) is 1.31. The van der Waals surface area contributed by atoms with Crippen molar-refractivity contribution < 1.29 is 14.1 Å². The molecule has 13 heavy (non-hydrogen) atoms. The molecule has 4 heteroatoms. The summed E-state index contributed by atoms with van der Waals surface area (Å²) in [6.07, 6.45) is 0.878. The van der Waals surface area contributed by atoms with Crippen LogP contribution in [0.5, 0.6) is 0 Å². The SMILES string of the molecule is O=C(O)C=CS(=O)c1ccccc1. The van der Waals surface area contributed by atoms with E-state index >= 15 is 0 Å². The molecule has 0 radical (unpaired) electrons. The zero-order valence-electron chi connectivity index (χ0n) is 6.71. The Balaban J connectivity index is 2.76. The van der Waals surface area contributed by atoms with E-state index in [1.807, 2.05) is 6.07 Å². The van der Waals surface area contributed by atoms with Crippen LogP contribution in [-0.2, 0) is 15.6 Å². The summed E-state index contributed by atoms with van der Waals surface area (Å²) >= 11 is 0. The summed E-state index contributed by atoms with van der Waals surface area (Å²) in [6, 6.07) is 8.68. The van der Waals surface area contributed by atoms with Gasteiger partial charge in [-0.05, 0) is 12.1 Å². The quantitative estimate of drug-likeness (QED) is 0.743. The first-order valence-electron chi connectivity index (χ1n) is 3.57. The fourth-order valence-corrected chi connectivity index (χ4v) is 1.58. The van der Waals surface area contributed by atoms with Gasteiger partial charge < -0.3 is 5.11 Å². The Hall–Kier alpha value is -1.42. The molecule has 1 rings (SSSR count). The predicted octanol–water partition coefficient (Wildman–Crippen LogP) is 1.39. The minimum Gasteiger partial charge on any atom is -0.478 e. The zero-order valence-corrected chi connectivity index (χ0v) is 7.53. The Labute approximate surface area is 78.2 Å². The smallest absolute Gasteiger partial charge is 0.328 e. The van der Waals surface area contributed by atoms with E-state index in [0.717, 1.165) is 11.5 Å². The van der Waals surface area contributed by atoms with Crippen LogP contribution in [0.25, 0.3) is 0 Å². The summed E-state index contributed by atoms with van der Waals surface area (Å²) in [7, 11) is -1.37. The number of carboxylic acid groups (broad SMARTS) is 1. The molecule has 1 unspecified atom stereocenters. The van der Waals surface area contributed by atoms with Crippen LogP contribution in [0, 0.1) is 0 Å². The van der Waals surface area contributed by atoms with Crippen molar-refractivity contribution in [2.45, 2.75) is 4.90 Å². The molecule has 1 aromatic carbocycles. The van der Waals surface area contributed by atoms with Crippen LogP contribution in [0.4, 0.5) is 0 Å². The fraction of sp³-hybridized carbons (Fsp3) is 0. The summed E-state index contributed by atoms with van der Waals surface area (Å²) in [5.41, 5.74) is 0. The molecule has 0 spiro atoms. The van der Waals surface area contributed by atoms with Crippen LogP contribution in [0.15, 0.2) is 46.7 Å². The largest absolute Gasteiger partial charge is 0.478 e. The molecule has 0 aliphatic heterocycles. The molecule has 68 valence electrons. The maximum Gasteiger partial charge on any atom is 0.328 e. The third-order valence-corrected chi connectivity index (χ3v) is 2.43. The van der Waals surface area contributed by atoms with Gasteiger partial charge in [-0.3, -0.25) is 0 Å². The lowest BCUT2D eigenvalue weighted by atomic mass is 10.4. The second-order valence-corrected chi connectivity index (χ2v) is 3.59. The van der Waals surface area contributed by atoms with Crippen molar-refractivity contribution in [2.24, 2.45) is 0 Å². The van der Waals surface area contributed by atoms with Crippen molar-refractivity contribution in [3.63, 3.8) is 0 Å². The van der Waals surface area contributed by atoms with Gasteiger partial charge in [-0.2, -0.15) is 0 Å². The average Bonchev–Trinajstić information content (AvgIpc) is 2.15. The second kappa shape index (κ2) is 4.57. The standard InChI is InChI=1S/C9H8O3S/c10-9(11)6-7-13(12)8-4-2-1-3-5-8/h1-7H,(H,10,11). The predicted molar refractivity (Wildman–Crippen MR) is 49.6 cm³/mol. The van der Waals surface area contributed by atoms with Crippen LogP contribution in [-0.4, -0.2) is 15.3 Å². The summed E-state index contributed by atoms with van der Waals surface area (Å²) in [4.78, 5) is 10.7. The number of hydrogen-bond acceptors (Lipinski definition) is 2. The molecule has 3 nitrogen and oxygen atoms in total. The highest BCUT2D eigenvalue weighted by Gasteiger charge is 1.97.